The molecule has 1 unspecified atom stereocenters. The van der Waals surface area contributed by atoms with Crippen LogP contribution in [0.15, 0.2) is 6.07 Å². The second kappa shape index (κ2) is 6.71. The van der Waals surface area contributed by atoms with Crippen molar-refractivity contribution in [3.05, 3.63) is 17.6 Å². The predicted octanol–water partition coefficient (Wildman–Crippen LogP) is 2.57. The Bertz CT molecular complexity index is 473. The average Bonchev–Trinajstić information content (AvgIpc) is 3.09. The smallest absolute Gasteiger partial charge is 0.161 e. The Morgan fingerprint density at radius 2 is 2.14 bits per heavy atom. The topological polar surface area (TPSA) is 50.3 Å². The minimum atomic E-state index is 0.00662. The molecule has 0 aromatic carbocycles. The highest BCUT2D eigenvalue weighted by atomic mass is 16.5. The van der Waals surface area contributed by atoms with Gasteiger partial charge < -0.3 is 10.1 Å². The molecule has 0 spiro atoms. The SMILES string of the molecule is CCN1CCOC(c2nc(NC)cc(C3CCCC3)n2)C1. The van der Waals surface area contributed by atoms with E-state index in [0.717, 1.165) is 37.9 Å². The van der Waals surface area contributed by atoms with E-state index in [4.69, 9.17) is 9.72 Å². The molecular formula is C16H26N4O. The van der Waals surface area contributed by atoms with Crippen LogP contribution in [0.2, 0.25) is 0 Å². The van der Waals surface area contributed by atoms with Gasteiger partial charge in [0.25, 0.3) is 0 Å². The van der Waals surface area contributed by atoms with Crippen LogP contribution >= 0.6 is 0 Å². The molecule has 2 heterocycles. The monoisotopic (exact) mass is 290 g/mol. The van der Waals surface area contributed by atoms with E-state index in [1.807, 2.05) is 7.05 Å². The van der Waals surface area contributed by atoms with Gasteiger partial charge in [-0.05, 0) is 19.4 Å². The van der Waals surface area contributed by atoms with Crippen molar-refractivity contribution in [2.45, 2.75) is 44.6 Å². The Labute approximate surface area is 127 Å². The molecule has 2 fully saturated rings. The highest BCUT2D eigenvalue weighted by Crippen LogP contribution is 2.34. The standard InChI is InChI=1S/C16H26N4O/c1-3-20-8-9-21-14(11-20)16-18-13(10-15(17-2)19-16)12-6-4-5-7-12/h10,12,14H,3-9,11H2,1-2H3,(H,17,18,19). The molecule has 0 radical (unpaired) electrons. The molecule has 1 saturated heterocycles. The highest BCUT2D eigenvalue weighted by molar-refractivity contribution is 5.37. The lowest BCUT2D eigenvalue weighted by Gasteiger charge is -2.31. The van der Waals surface area contributed by atoms with E-state index >= 15 is 0 Å². The molecule has 21 heavy (non-hydrogen) atoms. The summed E-state index contributed by atoms with van der Waals surface area (Å²) >= 11 is 0. The maximum atomic E-state index is 5.92. The normalized spacial score (nSPS) is 24.4. The number of ether oxygens (including phenoxy) is 1. The molecule has 1 aliphatic carbocycles. The van der Waals surface area contributed by atoms with Crippen LogP contribution in [0.5, 0.6) is 0 Å². The number of hydrogen-bond acceptors (Lipinski definition) is 5. The van der Waals surface area contributed by atoms with Crippen molar-refractivity contribution in [2.24, 2.45) is 0 Å². The Hall–Kier alpha value is -1.20. The van der Waals surface area contributed by atoms with Crippen LogP contribution in [0.1, 0.15) is 56.1 Å². The third-order valence-electron chi connectivity index (χ3n) is 4.68. The molecule has 1 atom stereocenters. The predicted molar refractivity (Wildman–Crippen MR) is 83.6 cm³/mol. The zero-order valence-corrected chi connectivity index (χ0v) is 13.1. The molecule has 3 rings (SSSR count). The number of rotatable bonds is 4. The lowest BCUT2D eigenvalue weighted by molar-refractivity contribution is -0.0326. The van der Waals surface area contributed by atoms with Gasteiger partial charge in [0.1, 0.15) is 11.9 Å². The first-order valence-corrected chi connectivity index (χ1v) is 8.20. The summed E-state index contributed by atoms with van der Waals surface area (Å²) < 4.78 is 5.92. The summed E-state index contributed by atoms with van der Waals surface area (Å²) in [5.41, 5.74) is 1.19. The van der Waals surface area contributed by atoms with Crippen LogP contribution in [-0.4, -0.2) is 48.2 Å². The molecule has 1 aromatic heterocycles. The zero-order chi connectivity index (χ0) is 14.7. The van der Waals surface area contributed by atoms with Gasteiger partial charge in [0.15, 0.2) is 5.82 Å². The van der Waals surface area contributed by atoms with Gasteiger partial charge in [0.05, 0.1) is 6.61 Å². The number of nitrogens with zero attached hydrogens (tertiary/aromatic N) is 3. The second-order valence-electron chi connectivity index (χ2n) is 6.02. The summed E-state index contributed by atoms with van der Waals surface area (Å²) in [4.78, 5) is 11.9. The molecule has 116 valence electrons. The minimum Gasteiger partial charge on any atom is -0.373 e. The van der Waals surface area contributed by atoms with Crippen LogP contribution in [0.25, 0.3) is 0 Å². The van der Waals surface area contributed by atoms with Crippen LogP contribution in [0.3, 0.4) is 0 Å². The molecular weight excluding hydrogens is 264 g/mol. The van der Waals surface area contributed by atoms with E-state index in [2.05, 4.69) is 28.2 Å². The summed E-state index contributed by atoms with van der Waals surface area (Å²) in [6.07, 6.45) is 5.16. The molecule has 5 heteroatoms. The van der Waals surface area contributed by atoms with E-state index in [9.17, 15) is 0 Å². The number of likely N-dealkylation sites (N-methyl/N-ethyl adjacent to an activating group) is 1. The summed E-state index contributed by atoms with van der Waals surface area (Å²) in [5, 5.41) is 3.18. The fourth-order valence-corrected chi connectivity index (χ4v) is 3.33. The van der Waals surface area contributed by atoms with Gasteiger partial charge >= 0.3 is 0 Å². The van der Waals surface area contributed by atoms with Gasteiger partial charge in [-0.2, -0.15) is 0 Å². The van der Waals surface area contributed by atoms with E-state index in [1.54, 1.807) is 0 Å². The van der Waals surface area contributed by atoms with Gasteiger partial charge in [0.2, 0.25) is 0 Å². The highest BCUT2D eigenvalue weighted by Gasteiger charge is 2.26. The Morgan fingerprint density at radius 1 is 1.33 bits per heavy atom. The van der Waals surface area contributed by atoms with Crippen LogP contribution in [0.4, 0.5) is 5.82 Å². The van der Waals surface area contributed by atoms with Gasteiger partial charge in [0, 0.05) is 37.8 Å². The summed E-state index contributed by atoms with van der Waals surface area (Å²) in [6.45, 7) is 5.92. The maximum absolute atomic E-state index is 5.92. The lowest BCUT2D eigenvalue weighted by atomic mass is 10.0. The third-order valence-corrected chi connectivity index (χ3v) is 4.68. The second-order valence-corrected chi connectivity index (χ2v) is 6.02. The Morgan fingerprint density at radius 3 is 2.86 bits per heavy atom. The molecule has 1 aliphatic heterocycles. The summed E-state index contributed by atoms with van der Waals surface area (Å²) in [7, 11) is 1.92. The largest absolute Gasteiger partial charge is 0.373 e. The molecule has 1 N–H and O–H groups in total. The first-order chi connectivity index (χ1) is 10.3. The number of morpholine rings is 1. The van der Waals surface area contributed by atoms with Gasteiger partial charge in [-0.3, -0.25) is 4.90 Å². The zero-order valence-electron chi connectivity index (χ0n) is 13.1. The van der Waals surface area contributed by atoms with Crippen molar-refractivity contribution >= 4 is 5.82 Å². The maximum Gasteiger partial charge on any atom is 0.161 e. The first kappa shape index (κ1) is 14.7. The van der Waals surface area contributed by atoms with Crippen molar-refractivity contribution in [3.63, 3.8) is 0 Å². The molecule has 0 bridgehead atoms. The fourth-order valence-electron chi connectivity index (χ4n) is 3.33. The lowest BCUT2D eigenvalue weighted by Crippen LogP contribution is -2.38. The molecule has 1 aromatic rings. The Kier molecular flexibility index (Phi) is 4.70. The van der Waals surface area contributed by atoms with E-state index in [1.165, 1.54) is 31.4 Å². The van der Waals surface area contributed by atoms with Crippen molar-refractivity contribution in [1.82, 2.24) is 14.9 Å². The van der Waals surface area contributed by atoms with Crippen molar-refractivity contribution in [2.75, 3.05) is 38.6 Å². The quantitative estimate of drug-likeness (QED) is 0.923. The van der Waals surface area contributed by atoms with Crippen molar-refractivity contribution in [1.29, 1.82) is 0 Å². The number of hydrogen-bond donors (Lipinski definition) is 1. The van der Waals surface area contributed by atoms with Crippen molar-refractivity contribution < 1.29 is 4.74 Å². The van der Waals surface area contributed by atoms with Crippen LogP contribution in [0, 0.1) is 0 Å². The third kappa shape index (κ3) is 3.35. The van der Waals surface area contributed by atoms with E-state index in [0.29, 0.717) is 5.92 Å². The van der Waals surface area contributed by atoms with Crippen molar-refractivity contribution in [3.8, 4) is 0 Å². The molecule has 2 aliphatic rings. The van der Waals surface area contributed by atoms with Crippen LogP contribution < -0.4 is 5.32 Å². The van der Waals surface area contributed by atoms with Gasteiger partial charge in [-0.1, -0.05) is 19.8 Å². The van der Waals surface area contributed by atoms with E-state index in [-0.39, 0.29) is 6.10 Å². The van der Waals surface area contributed by atoms with Gasteiger partial charge in [-0.25, -0.2) is 9.97 Å². The Balaban J connectivity index is 1.84. The molecule has 0 amide bonds. The van der Waals surface area contributed by atoms with E-state index < -0.39 is 0 Å². The van der Waals surface area contributed by atoms with Gasteiger partial charge in [-0.15, -0.1) is 0 Å². The molecule has 1 saturated carbocycles. The first-order valence-electron chi connectivity index (χ1n) is 8.20. The number of nitrogens with one attached hydrogen (secondary N) is 1. The summed E-state index contributed by atoms with van der Waals surface area (Å²) in [6, 6.07) is 2.11. The molecule has 5 nitrogen and oxygen atoms in total. The average molecular weight is 290 g/mol. The van der Waals surface area contributed by atoms with Crippen LogP contribution in [-0.2, 0) is 4.74 Å². The number of anilines is 1. The summed E-state index contributed by atoms with van der Waals surface area (Å²) in [5.74, 6) is 2.37. The number of aromatic nitrogens is 2. The fraction of sp³-hybridized carbons (Fsp3) is 0.750. The minimum absolute atomic E-state index is 0.00662.